The molecule has 0 fully saturated rings. The summed E-state index contributed by atoms with van der Waals surface area (Å²) in [5, 5.41) is 1.79. The van der Waals surface area contributed by atoms with Crippen molar-refractivity contribution < 1.29 is 17.9 Å². The highest BCUT2D eigenvalue weighted by Gasteiger charge is 2.20. The number of ketones is 1. The average Bonchev–Trinajstić information content (AvgIpc) is 2.60. The van der Waals surface area contributed by atoms with Crippen molar-refractivity contribution in [3.8, 4) is 5.75 Å². The van der Waals surface area contributed by atoms with Gasteiger partial charge in [0, 0.05) is 5.56 Å². The van der Waals surface area contributed by atoms with Gasteiger partial charge in [-0.05, 0) is 48.0 Å². The largest absolute Gasteiger partial charge is 0.497 e. The first kappa shape index (κ1) is 17.2. The molecule has 0 saturated heterocycles. The van der Waals surface area contributed by atoms with Gasteiger partial charge in [-0.15, -0.1) is 0 Å². The quantitative estimate of drug-likeness (QED) is 0.654. The Bertz CT molecular complexity index is 1030. The van der Waals surface area contributed by atoms with Crippen LogP contribution in [0.2, 0.25) is 0 Å². The van der Waals surface area contributed by atoms with Crippen LogP contribution in [0, 0.1) is 6.92 Å². The number of methoxy groups -OCH3 is 1. The highest BCUT2D eigenvalue weighted by Crippen LogP contribution is 2.23. The fraction of sp³-hybridized carbons (Fsp3) is 0.150. The summed E-state index contributed by atoms with van der Waals surface area (Å²) < 4.78 is 30.1. The molecule has 0 radical (unpaired) electrons. The molecule has 25 heavy (non-hydrogen) atoms. The first-order valence-corrected chi connectivity index (χ1v) is 9.45. The fourth-order valence-corrected chi connectivity index (χ4v) is 3.84. The molecule has 0 amide bonds. The van der Waals surface area contributed by atoms with Crippen molar-refractivity contribution in [2.45, 2.75) is 11.8 Å². The van der Waals surface area contributed by atoms with Gasteiger partial charge >= 0.3 is 0 Å². The lowest BCUT2D eigenvalue weighted by molar-refractivity contribution is 0.102. The maximum atomic E-state index is 12.5. The van der Waals surface area contributed by atoms with E-state index in [9.17, 15) is 13.2 Å². The normalized spacial score (nSPS) is 11.4. The maximum absolute atomic E-state index is 12.5. The van der Waals surface area contributed by atoms with Gasteiger partial charge in [0.1, 0.15) is 11.5 Å². The summed E-state index contributed by atoms with van der Waals surface area (Å²) in [4.78, 5) is 12.6. The number of fused-ring (bicyclic) bond motifs is 1. The van der Waals surface area contributed by atoms with E-state index in [4.69, 9.17) is 4.74 Å². The monoisotopic (exact) mass is 354 g/mol. The Kier molecular flexibility index (Phi) is 4.59. The number of hydrogen-bond acceptors (Lipinski definition) is 4. The van der Waals surface area contributed by atoms with Crippen molar-refractivity contribution in [1.29, 1.82) is 0 Å². The third-order valence-electron chi connectivity index (χ3n) is 4.07. The number of carbonyl (C=O) groups excluding carboxylic acids is 1. The standard InChI is InChI=1S/C20H18O4S/c1-14-3-9-19(10-4-14)25(22,23)13-20(21)17-6-5-16-12-18(24-2)8-7-15(16)11-17/h3-12H,13H2,1-2H3. The van der Waals surface area contributed by atoms with E-state index in [1.54, 1.807) is 43.5 Å². The second kappa shape index (κ2) is 6.69. The summed E-state index contributed by atoms with van der Waals surface area (Å²) in [7, 11) is -2.07. The van der Waals surface area contributed by atoms with Gasteiger partial charge in [0.25, 0.3) is 0 Å². The van der Waals surface area contributed by atoms with Crippen LogP contribution in [-0.4, -0.2) is 27.1 Å². The van der Waals surface area contributed by atoms with Crippen LogP contribution >= 0.6 is 0 Å². The van der Waals surface area contributed by atoms with Gasteiger partial charge < -0.3 is 4.74 Å². The summed E-state index contributed by atoms with van der Waals surface area (Å²) >= 11 is 0. The Labute approximate surface area is 147 Å². The van der Waals surface area contributed by atoms with Gasteiger partial charge in [-0.3, -0.25) is 4.79 Å². The van der Waals surface area contributed by atoms with E-state index < -0.39 is 21.4 Å². The minimum atomic E-state index is -3.66. The molecule has 3 aromatic carbocycles. The second-order valence-corrected chi connectivity index (χ2v) is 7.91. The van der Waals surface area contributed by atoms with E-state index in [1.807, 2.05) is 19.1 Å². The van der Waals surface area contributed by atoms with Crippen molar-refractivity contribution in [2.75, 3.05) is 12.9 Å². The molecule has 3 aromatic rings. The number of rotatable bonds is 5. The molecule has 3 rings (SSSR count). The van der Waals surface area contributed by atoms with Crippen LogP contribution in [0.25, 0.3) is 10.8 Å². The summed E-state index contributed by atoms with van der Waals surface area (Å²) in [5.74, 6) is -0.232. The molecule has 0 bridgehead atoms. The topological polar surface area (TPSA) is 60.4 Å². The summed E-state index contributed by atoms with van der Waals surface area (Å²) in [6, 6.07) is 17.2. The third-order valence-corrected chi connectivity index (χ3v) is 5.70. The molecule has 0 aromatic heterocycles. The summed E-state index contributed by atoms with van der Waals surface area (Å²) in [5.41, 5.74) is 1.35. The zero-order valence-electron chi connectivity index (χ0n) is 14.0. The summed E-state index contributed by atoms with van der Waals surface area (Å²) in [6.07, 6.45) is 0. The Morgan fingerprint density at radius 2 is 1.56 bits per heavy atom. The first-order chi connectivity index (χ1) is 11.9. The number of ether oxygens (including phenoxy) is 1. The minimum Gasteiger partial charge on any atom is -0.497 e. The molecular weight excluding hydrogens is 336 g/mol. The third kappa shape index (κ3) is 3.72. The van der Waals surface area contributed by atoms with Crippen molar-refractivity contribution in [3.63, 3.8) is 0 Å². The molecule has 0 N–H and O–H groups in total. The van der Waals surface area contributed by atoms with Crippen molar-refractivity contribution in [2.24, 2.45) is 0 Å². The summed E-state index contributed by atoms with van der Waals surface area (Å²) in [6.45, 7) is 1.88. The van der Waals surface area contributed by atoms with E-state index in [0.29, 0.717) is 5.56 Å². The highest BCUT2D eigenvalue weighted by atomic mass is 32.2. The van der Waals surface area contributed by atoms with Crippen LogP contribution < -0.4 is 4.74 Å². The van der Waals surface area contributed by atoms with Crippen LogP contribution in [0.4, 0.5) is 0 Å². The Balaban J connectivity index is 1.87. The van der Waals surface area contributed by atoms with Crippen LogP contribution in [0.15, 0.2) is 65.6 Å². The zero-order valence-corrected chi connectivity index (χ0v) is 14.8. The SMILES string of the molecule is COc1ccc2cc(C(=O)CS(=O)(=O)c3ccc(C)cc3)ccc2c1. The lowest BCUT2D eigenvalue weighted by Crippen LogP contribution is -2.16. The van der Waals surface area contributed by atoms with Crippen LogP contribution in [0.1, 0.15) is 15.9 Å². The molecule has 0 aliphatic rings. The highest BCUT2D eigenvalue weighted by molar-refractivity contribution is 7.92. The van der Waals surface area contributed by atoms with Crippen LogP contribution in [-0.2, 0) is 9.84 Å². The van der Waals surface area contributed by atoms with E-state index in [0.717, 1.165) is 22.1 Å². The van der Waals surface area contributed by atoms with E-state index >= 15 is 0 Å². The number of aryl methyl sites for hydroxylation is 1. The lowest BCUT2D eigenvalue weighted by Gasteiger charge is -2.07. The second-order valence-electron chi connectivity index (χ2n) is 5.92. The van der Waals surface area contributed by atoms with Crippen molar-refractivity contribution in [1.82, 2.24) is 0 Å². The molecule has 0 saturated carbocycles. The van der Waals surface area contributed by atoms with Crippen LogP contribution in [0.5, 0.6) is 5.75 Å². The molecule has 0 atom stereocenters. The van der Waals surface area contributed by atoms with Crippen molar-refractivity contribution in [3.05, 3.63) is 71.8 Å². The van der Waals surface area contributed by atoms with Gasteiger partial charge in [-0.25, -0.2) is 8.42 Å². The fourth-order valence-electron chi connectivity index (χ4n) is 2.61. The average molecular weight is 354 g/mol. The Morgan fingerprint density at radius 1 is 0.920 bits per heavy atom. The number of hydrogen-bond donors (Lipinski definition) is 0. The molecule has 0 aliphatic carbocycles. The maximum Gasteiger partial charge on any atom is 0.185 e. The lowest BCUT2D eigenvalue weighted by atomic mass is 10.0. The molecule has 0 unspecified atom stereocenters. The van der Waals surface area contributed by atoms with Gasteiger partial charge in [0.05, 0.1) is 12.0 Å². The van der Waals surface area contributed by atoms with E-state index in [1.165, 1.54) is 12.1 Å². The van der Waals surface area contributed by atoms with E-state index in [2.05, 4.69) is 0 Å². The minimum absolute atomic E-state index is 0.164. The smallest absolute Gasteiger partial charge is 0.185 e. The number of carbonyl (C=O) groups is 1. The van der Waals surface area contributed by atoms with Crippen molar-refractivity contribution >= 4 is 26.4 Å². The molecular formula is C20H18O4S. The molecule has 4 nitrogen and oxygen atoms in total. The molecule has 0 aliphatic heterocycles. The van der Waals surface area contributed by atoms with Crippen LogP contribution in [0.3, 0.4) is 0 Å². The molecule has 128 valence electrons. The Morgan fingerprint density at radius 3 is 2.24 bits per heavy atom. The first-order valence-electron chi connectivity index (χ1n) is 7.79. The van der Waals surface area contributed by atoms with Gasteiger partial charge in [-0.2, -0.15) is 0 Å². The predicted molar refractivity (Wildman–Crippen MR) is 98.1 cm³/mol. The zero-order chi connectivity index (χ0) is 18.0. The van der Waals surface area contributed by atoms with Gasteiger partial charge in [0.2, 0.25) is 0 Å². The Hall–Kier alpha value is -2.66. The number of benzene rings is 3. The number of sulfone groups is 1. The molecule has 5 heteroatoms. The number of Topliss-reactive ketones (excluding diaryl/α,β-unsaturated/α-hetero) is 1. The predicted octanol–water partition coefficient (Wildman–Crippen LogP) is 3.81. The molecule has 0 spiro atoms. The molecule has 0 heterocycles. The van der Waals surface area contributed by atoms with Gasteiger partial charge in [0.15, 0.2) is 15.6 Å². The van der Waals surface area contributed by atoms with E-state index in [-0.39, 0.29) is 4.90 Å². The van der Waals surface area contributed by atoms with Gasteiger partial charge in [-0.1, -0.05) is 35.9 Å².